The Labute approximate surface area is 109 Å². The monoisotopic (exact) mass is 263 g/mol. The summed E-state index contributed by atoms with van der Waals surface area (Å²) in [7, 11) is 0. The summed E-state index contributed by atoms with van der Waals surface area (Å²) in [5.74, 6) is -0.794. The van der Waals surface area contributed by atoms with Gasteiger partial charge in [-0.3, -0.25) is 0 Å². The van der Waals surface area contributed by atoms with Gasteiger partial charge in [-0.25, -0.2) is 9.18 Å². The molecule has 1 aromatic heterocycles. The Morgan fingerprint density at radius 3 is 2.58 bits per heavy atom. The Hall–Kier alpha value is -2.14. The number of halogens is 1. The van der Waals surface area contributed by atoms with Gasteiger partial charge in [0, 0.05) is 0 Å². The fourth-order valence-corrected chi connectivity index (χ4v) is 1.68. The number of rotatable bonds is 6. The molecule has 100 valence electrons. The molecule has 2 N–H and O–H groups in total. The number of carboxylic acid groups (broad SMARTS) is 1. The minimum Gasteiger partial charge on any atom is -0.475 e. The van der Waals surface area contributed by atoms with Crippen LogP contribution in [0.3, 0.4) is 0 Å². The number of carbonyl (C=O) groups is 1. The van der Waals surface area contributed by atoms with E-state index in [0.717, 1.165) is 12.0 Å². The van der Waals surface area contributed by atoms with Crippen LogP contribution in [-0.2, 0) is 13.0 Å². The lowest BCUT2D eigenvalue weighted by molar-refractivity contribution is 0.0660. The number of hydrogen-bond acceptors (Lipinski definition) is 3. The van der Waals surface area contributed by atoms with Crippen molar-refractivity contribution in [3.63, 3.8) is 0 Å². The third-order valence-corrected chi connectivity index (χ3v) is 2.68. The highest BCUT2D eigenvalue weighted by Gasteiger charge is 2.08. The van der Waals surface area contributed by atoms with Gasteiger partial charge in [-0.2, -0.15) is 0 Å². The fraction of sp³-hybridized carbons (Fsp3) is 0.214. The van der Waals surface area contributed by atoms with Gasteiger partial charge in [-0.1, -0.05) is 12.1 Å². The van der Waals surface area contributed by atoms with Crippen molar-refractivity contribution in [3.8, 4) is 0 Å². The second-order valence-corrected chi connectivity index (χ2v) is 4.12. The van der Waals surface area contributed by atoms with E-state index < -0.39 is 5.97 Å². The molecular formula is C14H14FNO3. The topological polar surface area (TPSA) is 62.5 Å². The van der Waals surface area contributed by atoms with E-state index in [1.807, 2.05) is 0 Å². The standard InChI is InChI=1S/C14H14FNO3/c15-11-3-1-10(2-4-11)7-8-16-9-12-5-6-13(19-12)14(17)18/h1-6,16H,7-9H2,(H,17,18). The molecule has 0 spiro atoms. The zero-order valence-corrected chi connectivity index (χ0v) is 10.2. The Morgan fingerprint density at radius 2 is 1.95 bits per heavy atom. The van der Waals surface area contributed by atoms with Crippen LogP contribution >= 0.6 is 0 Å². The van der Waals surface area contributed by atoms with E-state index in [1.165, 1.54) is 18.2 Å². The lowest BCUT2D eigenvalue weighted by Crippen LogP contribution is -2.16. The zero-order valence-electron chi connectivity index (χ0n) is 10.2. The van der Waals surface area contributed by atoms with E-state index in [0.29, 0.717) is 18.8 Å². The van der Waals surface area contributed by atoms with Crippen molar-refractivity contribution in [3.05, 3.63) is 59.3 Å². The fourth-order valence-electron chi connectivity index (χ4n) is 1.68. The molecule has 0 saturated heterocycles. The quantitative estimate of drug-likeness (QED) is 0.786. The first-order valence-corrected chi connectivity index (χ1v) is 5.92. The molecule has 0 unspecified atom stereocenters. The van der Waals surface area contributed by atoms with Crippen LogP contribution in [0, 0.1) is 5.82 Å². The molecule has 0 aliphatic carbocycles. The van der Waals surface area contributed by atoms with E-state index in [4.69, 9.17) is 9.52 Å². The lowest BCUT2D eigenvalue weighted by Gasteiger charge is -2.03. The molecule has 0 saturated carbocycles. The van der Waals surface area contributed by atoms with Gasteiger partial charge in [-0.15, -0.1) is 0 Å². The summed E-state index contributed by atoms with van der Waals surface area (Å²) >= 11 is 0. The summed E-state index contributed by atoms with van der Waals surface area (Å²) in [6.07, 6.45) is 0.771. The SMILES string of the molecule is O=C(O)c1ccc(CNCCc2ccc(F)cc2)o1. The van der Waals surface area contributed by atoms with Crippen molar-refractivity contribution in [2.75, 3.05) is 6.54 Å². The van der Waals surface area contributed by atoms with Gasteiger partial charge in [0.1, 0.15) is 11.6 Å². The van der Waals surface area contributed by atoms with Gasteiger partial charge in [0.25, 0.3) is 0 Å². The number of furan rings is 1. The summed E-state index contributed by atoms with van der Waals surface area (Å²) in [4.78, 5) is 10.6. The van der Waals surface area contributed by atoms with Crippen molar-refractivity contribution in [1.29, 1.82) is 0 Å². The Kier molecular flexibility index (Phi) is 4.30. The van der Waals surface area contributed by atoms with Crippen LogP contribution in [-0.4, -0.2) is 17.6 Å². The maximum atomic E-state index is 12.7. The summed E-state index contributed by atoms with van der Waals surface area (Å²) in [5, 5.41) is 11.8. The molecule has 0 aliphatic heterocycles. The lowest BCUT2D eigenvalue weighted by atomic mass is 10.1. The molecule has 19 heavy (non-hydrogen) atoms. The Bertz CT molecular complexity index is 548. The van der Waals surface area contributed by atoms with Crippen molar-refractivity contribution < 1.29 is 18.7 Å². The van der Waals surface area contributed by atoms with Crippen LogP contribution in [0.1, 0.15) is 21.9 Å². The van der Waals surface area contributed by atoms with Gasteiger partial charge in [0.2, 0.25) is 5.76 Å². The van der Waals surface area contributed by atoms with Gasteiger partial charge in [0.05, 0.1) is 6.54 Å². The predicted octanol–water partition coefficient (Wildman–Crippen LogP) is 2.45. The number of benzene rings is 1. The maximum absolute atomic E-state index is 12.7. The van der Waals surface area contributed by atoms with E-state index in [2.05, 4.69) is 5.32 Å². The highest BCUT2D eigenvalue weighted by molar-refractivity contribution is 5.84. The molecule has 0 aliphatic rings. The molecule has 0 fully saturated rings. The van der Waals surface area contributed by atoms with Crippen LogP contribution in [0.4, 0.5) is 4.39 Å². The molecule has 0 amide bonds. The Morgan fingerprint density at radius 1 is 1.21 bits per heavy atom. The summed E-state index contributed by atoms with van der Waals surface area (Å²) < 4.78 is 17.8. The minimum atomic E-state index is -1.07. The van der Waals surface area contributed by atoms with Crippen LogP contribution in [0.25, 0.3) is 0 Å². The number of aromatic carboxylic acids is 1. The predicted molar refractivity (Wildman–Crippen MR) is 67.5 cm³/mol. The number of hydrogen-bond donors (Lipinski definition) is 2. The molecule has 4 nitrogen and oxygen atoms in total. The smallest absolute Gasteiger partial charge is 0.371 e. The zero-order chi connectivity index (χ0) is 13.7. The van der Waals surface area contributed by atoms with Gasteiger partial charge in [0.15, 0.2) is 0 Å². The van der Waals surface area contributed by atoms with E-state index >= 15 is 0 Å². The largest absolute Gasteiger partial charge is 0.475 e. The van der Waals surface area contributed by atoms with Crippen molar-refractivity contribution in [1.82, 2.24) is 5.32 Å². The average Bonchev–Trinajstić information content (AvgIpc) is 2.86. The molecule has 2 rings (SSSR count). The highest BCUT2D eigenvalue weighted by atomic mass is 19.1. The van der Waals surface area contributed by atoms with Crippen molar-refractivity contribution in [2.45, 2.75) is 13.0 Å². The molecule has 0 radical (unpaired) electrons. The number of carboxylic acids is 1. The van der Waals surface area contributed by atoms with Gasteiger partial charge < -0.3 is 14.8 Å². The maximum Gasteiger partial charge on any atom is 0.371 e. The van der Waals surface area contributed by atoms with E-state index in [-0.39, 0.29) is 11.6 Å². The average molecular weight is 263 g/mol. The molecule has 1 heterocycles. The summed E-state index contributed by atoms with van der Waals surface area (Å²) in [5.41, 5.74) is 1.04. The molecule has 5 heteroatoms. The van der Waals surface area contributed by atoms with Crippen LogP contribution in [0.15, 0.2) is 40.8 Å². The third kappa shape index (κ3) is 3.93. The second-order valence-electron chi connectivity index (χ2n) is 4.12. The molecular weight excluding hydrogens is 249 g/mol. The van der Waals surface area contributed by atoms with Crippen molar-refractivity contribution >= 4 is 5.97 Å². The van der Waals surface area contributed by atoms with Crippen molar-refractivity contribution in [2.24, 2.45) is 0 Å². The van der Waals surface area contributed by atoms with Crippen LogP contribution < -0.4 is 5.32 Å². The second kappa shape index (κ2) is 6.15. The third-order valence-electron chi connectivity index (χ3n) is 2.68. The van der Waals surface area contributed by atoms with E-state index in [1.54, 1.807) is 18.2 Å². The molecule has 0 bridgehead atoms. The molecule has 2 aromatic rings. The first-order chi connectivity index (χ1) is 9.15. The molecule has 0 atom stereocenters. The van der Waals surface area contributed by atoms with Gasteiger partial charge >= 0.3 is 5.97 Å². The highest BCUT2D eigenvalue weighted by Crippen LogP contribution is 2.07. The van der Waals surface area contributed by atoms with E-state index in [9.17, 15) is 9.18 Å². The molecule has 1 aromatic carbocycles. The normalized spacial score (nSPS) is 10.6. The van der Waals surface area contributed by atoms with Gasteiger partial charge in [-0.05, 0) is 42.8 Å². The summed E-state index contributed by atoms with van der Waals surface area (Å²) in [6, 6.07) is 9.41. The van der Waals surface area contributed by atoms with Crippen LogP contribution in [0.2, 0.25) is 0 Å². The van der Waals surface area contributed by atoms with Crippen LogP contribution in [0.5, 0.6) is 0 Å². The first kappa shape index (κ1) is 13.3. The Balaban J connectivity index is 1.74. The first-order valence-electron chi connectivity index (χ1n) is 5.92. The summed E-state index contributed by atoms with van der Waals surface area (Å²) in [6.45, 7) is 1.17. The number of nitrogens with one attached hydrogen (secondary N) is 1. The minimum absolute atomic E-state index is 0.0599.